The zero-order chi connectivity index (χ0) is 32.3. The summed E-state index contributed by atoms with van der Waals surface area (Å²) in [6, 6.07) is 23.7. The van der Waals surface area contributed by atoms with Gasteiger partial charge in [0.15, 0.2) is 0 Å². The van der Waals surface area contributed by atoms with Crippen molar-refractivity contribution in [1.29, 1.82) is 0 Å². The number of pyridine rings is 1. The van der Waals surface area contributed by atoms with Crippen molar-refractivity contribution < 1.29 is 9.13 Å². The molecule has 3 atom stereocenters. The molecule has 0 amide bonds. The van der Waals surface area contributed by atoms with Crippen molar-refractivity contribution in [2.45, 2.75) is 53.0 Å². The highest BCUT2D eigenvalue weighted by atomic mass is 19.1. The van der Waals surface area contributed by atoms with Gasteiger partial charge in [-0.05, 0) is 96.1 Å². The van der Waals surface area contributed by atoms with Gasteiger partial charge in [-0.2, -0.15) is 5.10 Å². The Morgan fingerprint density at radius 1 is 0.870 bits per heavy atom. The third kappa shape index (κ3) is 5.18. The summed E-state index contributed by atoms with van der Waals surface area (Å²) >= 11 is 0. The van der Waals surface area contributed by atoms with Gasteiger partial charge in [-0.25, -0.2) is 14.1 Å². The highest BCUT2D eigenvalue weighted by Crippen LogP contribution is 2.42. The Hall–Kier alpha value is -4.75. The van der Waals surface area contributed by atoms with E-state index in [1.807, 2.05) is 41.0 Å². The molecule has 0 bridgehead atoms. The number of aryl methyl sites for hydroxylation is 2. The molecule has 6 aromatic rings. The van der Waals surface area contributed by atoms with E-state index in [9.17, 15) is 4.39 Å². The first kappa shape index (κ1) is 29.9. The number of benzene rings is 3. The Morgan fingerprint density at radius 2 is 1.65 bits per heavy atom. The molecular formula is C39H40FN5O. The average molecular weight is 614 g/mol. The third-order valence-electron chi connectivity index (χ3n) is 9.55. The third-order valence-corrected chi connectivity index (χ3v) is 9.55. The first-order valence-electron chi connectivity index (χ1n) is 15.9. The summed E-state index contributed by atoms with van der Waals surface area (Å²) in [5, 5.41) is 7.19. The highest BCUT2D eigenvalue weighted by molar-refractivity contribution is 6.09. The summed E-state index contributed by atoms with van der Waals surface area (Å²) in [7, 11) is 4.32. The van der Waals surface area contributed by atoms with Crippen molar-refractivity contribution in [3.63, 3.8) is 0 Å². The number of likely N-dealkylation sites (N-methyl/N-ethyl adjacent to an activating group) is 1. The molecule has 3 heterocycles. The van der Waals surface area contributed by atoms with E-state index in [0.717, 1.165) is 56.6 Å². The number of halogens is 1. The molecule has 0 aliphatic heterocycles. The van der Waals surface area contributed by atoms with Gasteiger partial charge in [0, 0.05) is 58.4 Å². The van der Waals surface area contributed by atoms with Crippen LogP contribution in [0.2, 0.25) is 0 Å². The topological polar surface area (TPSA) is 48.1 Å². The molecule has 46 heavy (non-hydrogen) atoms. The van der Waals surface area contributed by atoms with Gasteiger partial charge in [-0.15, -0.1) is 0 Å². The highest BCUT2D eigenvalue weighted by Gasteiger charge is 2.33. The van der Waals surface area contributed by atoms with Gasteiger partial charge in [0.1, 0.15) is 23.1 Å². The monoisotopic (exact) mass is 613 g/mol. The molecule has 3 aromatic heterocycles. The molecule has 1 unspecified atom stereocenters. The second-order valence-corrected chi connectivity index (χ2v) is 13.1. The van der Waals surface area contributed by atoms with Crippen LogP contribution < -0.4 is 4.74 Å². The minimum absolute atomic E-state index is 0.329. The van der Waals surface area contributed by atoms with E-state index in [4.69, 9.17) is 9.84 Å². The number of hydrogen-bond donors (Lipinski definition) is 0. The molecule has 0 saturated carbocycles. The zero-order valence-electron chi connectivity index (χ0n) is 27.5. The van der Waals surface area contributed by atoms with Crippen molar-refractivity contribution >= 4 is 21.8 Å². The molecule has 0 radical (unpaired) electrons. The first-order chi connectivity index (χ1) is 22.1. The van der Waals surface area contributed by atoms with E-state index in [0.29, 0.717) is 29.4 Å². The van der Waals surface area contributed by atoms with Gasteiger partial charge in [-0.1, -0.05) is 36.8 Å². The molecule has 0 N–H and O–H groups in total. The first-order valence-corrected chi connectivity index (χ1v) is 15.9. The number of hydrogen-bond acceptors (Lipinski definition) is 4. The Morgan fingerprint density at radius 3 is 2.41 bits per heavy atom. The molecule has 1 aliphatic rings. The second-order valence-electron chi connectivity index (χ2n) is 13.1. The molecular weight excluding hydrogens is 573 g/mol. The van der Waals surface area contributed by atoms with E-state index < -0.39 is 0 Å². The molecule has 3 aromatic carbocycles. The number of rotatable bonds is 6. The van der Waals surface area contributed by atoms with Crippen LogP contribution in [0.15, 0.2) is 90.6 Å². The maximum atomic E-state index is 14.3. The van der Waals surface area contributed by atoms with Crippen molar-refractivity contribution in [2.75, 3.05) is 14.1 Å². The van der Waals surface area contributed by atoms with E-state index in [1.54, 1.807) is 0 Å². The lowest BCUT2D eigenvalue weighted by atomic mass is 9.73. The Labute approximate surface area is 269 Å². The van der Waals surface area contributed by atoms with Crippen LogP contribution in [-0.4, -0.2) is 44.4 Å². The van der Waals surface area contributed by atoms with Crippen molar-refractivity contribution in [3.8, 4) is 23.0 Å². The maximum Gasteiger partial charge on any atom is 0.140 e. The summed E-state index contributed by atoms with van der Waals surface area (Å²) in [5.41, 5.74) is 8.88. The fraction of sp³-hybridized carbons (Fsp3) is 0.282. The van der Waals surface area contributed by atoms with Crippen LogP contribution >= 0.6 is 0 Å². The number of ether oxygens (including phenoxy) is 1. The Bertz CT molecular complexity index is 2140. The van der Waals surface area contributed by atoms with Crippen molar-refractivity contribution in [1.82, 2.24) is 24.2 Å². The number of para-hydroxylation sites is 1. The van der Waals surface area contributed by atoms with Crippen molar-refractivity contribution in [3.05, 3.63) is 119 Å². The number of allylic oxidation sites excluding steroid dienone is 1. The van der Waals surface area contributed by atoms with Crippen LogP contribution in [0.3, 0.4) is 0 Å². The SMILES string of the molecule is CC1=C[C@H](N(C)C)C[C@H](C)C1c1c(C)nn(-c2cc(C)cc(Oc3ccc4c5ccccc5n(-c5cc(F)ccn5)c4c3)c2)c1C. The quantitative estimate of drug-likeness (QED) is 0.176. The summed E-state index contributed by atoms with van der Waals surface area (Å²) in [6.07, 6.45) is 5.05. The molecule has 0 saturated heterocycles. The fourth-order valence-electron chi connectivity index (χ4n) is 7.49. The standard InChI is InChI=1S/C39H40FN5O/c1-23-16-30(45-27(5)39(26(4)42-45)38-24(2)18-29(43(6)7)19-25(38)3)21-32(17-23)46-31-12-13-34-33-10-8-9-11-35(33)44(36(34)22-31)37-20-28(40)14-15-41-37/h8-18,20-22,25,29,38H,19H2,1-7H3/t25-,29-,38?/m0/s1. The van der Waals surface area contributed by atoms with Gasteiger partial charge in [0.05, 0.1) is 22.4 Å². The van der Waals surface area contributed by atoms with Gasteiger partial charge >= 0.3 is 0 Å². The van der Waals surface area contributed by atoms with Gasteiger partial charge in [0.25, 0.3) is 0 Å². The lowest BCUT2D eigenvalue weighted by Crippen LogP contribution is -2.33. The molecule has 7 rings (SSSR count). The predicted octanol–water partition coefficient (Wildman–Crippen LogP) is 9.22. The minimum atomic E-state index is -0.329. The van der Waals surface area contributed by atoms with Crippen molar-refractivity contribution in [2.24, 2.45) is 5.92 Å². The van der Waals surface area contributed by atoms with Crippen LogP contribution in [0.4, 0.5) is 4.39 Å². The zero-order valence-corrected chi connectivity index (χ0v) is 27.5. The number of nitrogens with zero attached hydrogens (tertiary/aromatic N) is 5. The molecule has 6 nitrogen and oxygen atoms in total. The Kier molecular flexibility index (Phi) is 7.52. The smallest absolute Gasteiger partial charge is 0.140 e. The summed E-state index contributed by atoms with van der Waals surface area (Å²) < 4.78 is 24.9. The van der Waals surface area contributed by atoms with E-state index in [1.165, 1.54) is 29.5 Å². The lowest BCUT2D eigenvalue weighted by Gasteiger charge is -2.36. The number of fused-ring (bicyclic) bond motifs is 3. The summed E-state index contributed by atoms with van der Waals surface area (Å²) in [4.78, 5) is 6.80. The fourth-order valence-corrected chi connectivity index (χ4v) is 7.49. The van der Waals surface area contributed by atoms with E-state index in [2.05, 4.69) is 93.6 Å². The molecule has 1 aliphatic carbocycles. The molecule has 7 heteroatoms. The van der Waals surface area contributed by atoms with Crippen LogP contribution in [0.25, 0.3) is 33.3 Å². The largest absolute Gasteiger partial charge is 0.457 e. The molecule has 0 fully saturated rings. The average Bonchev–Trinajstić information content (AvgIpc) is 3.49. The predicted molar refractivity (Wildman–Crippen MR) is 184 cm³/mol. The van der Waals surface area contributed by atoms with Crippen LogP contribution in [-0.2, 0) is 0 Å². The van der Waals surface area contributed by atoms with Gasteiger partial charge in [0.2, 0.25) is 0 Å². The molecule has 234 valence electrons. The summed E-state index contributed by atoms with van der Waals surface area (Å²) in [5.74, 6) is 2.46. The van der Waals surface area contributed by atoms with Crippen LogP contribution in [0, 0.1) is 32.5 Å². The summed E-state index contributed by atoms with van der Waals surface area (Å²) in [6.45, 7) is 11.0. The van der Waals surface area contributed by atoms with E-state index in [-0.39, 0.29) is 5.82 Å². The minimum Gasteiger partial charge on any atom is -0.457 e. The Balaban J connectivity index is 1.27. The maximum absolute atomic E-state index is 14.3. The van der Waals surface area contributed by atoms with Gasteiger partial charge in [-0.3, -0.25) is 4.57 Å². The molecule has 0 spiro atoms. The number of aromatic nitrogens is 4. The normalized spacial score (nSPS) is 18.5. The lowest BCUT2D eigenvalue weighted by molar-refractivity contribution is 0.266. The van der Waals surface area contributed by atoms with Crippen LogP contribution in [0.5, 0.6) is 11.5 Å². The van der Waals surface area contributed by atoms with Crippen LogP contribution in [0.1, 0.15) is 48.7 Å². The second kappa shape index (κ2) is 11.6. The van der Waals surface area contributed by atoms with Gasteiger partial charge < -0.3 is 9.64 Å². The van der Waals surface area contributed by atoms with E-state index >= 15 is 0 Å².